The van der Waals surface area contributed by atoms with E-state index in [0.29, 0.717) is 24.3 Å². The summed E-state index contributed by atoms with van der Waals surface area (Å²) in [4.78, 5) is 0. The molecule has 1 aromatic carbocycles. The summed E-state index contributed by atoms with van der Waals surface area (Å²) in [6.07, 6.45) is 4.19. The Morgan fingerprint density at radius 1 is 1.18 bits per heavy atom. The highest BCUT2D eigenvalue weighted by Gasteiger charge is 2.32. The third-order valence-corrected chi connectivity index (χ3v) is 3.79. The molecule has 1 nitrogen and oxygen atoms in total. The molecule has 0 radical (unpaired) electrons. The first kappa shape index (κ1) is 12.5. The van der Waals surface area contributed by atoms with Crippen molar-refractivity contribution in [3.8, 4) is 0 Å². The van der Waals surface area contributed by atoms with Crippen LogP contribution in [0.25, 0.3) is 0 Å². The molecule has 0 amide bonds. The van der Waals surface area contributed by atoms with Crippen molar-refractivity contribution in [2.45, 2.75) is 44.6 Å². The molecule has 3 heteroatoms. The zero-order chi connectivity index (χ0) is 12.5. The van der Waals surface area contributed by atoms with Crippen LogP contribution in [0.4, 0.5) is 8.78 Å². The number of rotatable bonds is 1. The number of aliphatic hydroxyl groups is 1. The van der Waals surface area contributed by atoms with E-state index in [-0.39, 0.29) is 0 Å². The van der Waals surface area contributed by atoms with Crippen molar-refractivity contribution in [1.29, 1.82) is 0 Å². The summed E-state index contributed by atoms with van der Waals surface area (Å²) in [5, 5.41) is 10.6. The largest absolute Gasteiger partial charge is 0.385 e. The standard InChI is InChI=1S/C14H18F2O/c1-10-3-2-7-14(17,8-6-10)11-4-5-12(15)13(16)9-11/h4-5,9-10,17H,2-3,6-8H2,1H3. The molecule has 0 saturated heterocycles. The van der Waals surface area contributed by atoms with E-state index in [9.17, 15) is 13.9 Å². The van der Waals surface area contributed by atoms with Crippen LogP contribution in [-0.2, 0) is 5.60 Å². The Morgan fingerprint density at radius 2 is 1.94 bits per heavy atom. The lowest BCUT2D eigenvalue weighted by Crippen LogP contribution is -2.25. The van der Waals surface area contributed by atoms with Gasteiger partial charge in [-0.15, -0.1) is 0 Å². The summed E-state index contributed by atoms with van der Waals surface area (Å²) in [7, 11) is 0. The van der Waals surface area contributed by atoms with Gasteiger partial charge in [0.2, 0.25) is 0 Å². The van der Waals surface area contributed by atoms with Crippen molar-refractivity contribution < 1.29 is 13.9 Å². The van der Waals surface area contributed by atoms with Gasteiger partial charge in [0.25, 0.3) is 0 Å². The van der Waals surface area contributed by atoms with E-state index in [1.54, 1.807) is 0 Å². The van der Waals surface area contributed by atoms with Gasteiger partial charge < -0.3 is 5.11 Å². The highest BCUT2D eigenvalue weighted by Crippen LogP contribution is 2.37. The molecule has 2 atom stereocenters. The van der Waals surface area contributed by atoms with E-state index in [1.165, 1.54) is 6.07 Å². The Bertz CT molecular complexity index is 405. The fourth-order valence-corrected chi connectivity index (χ4v) is 2.57. The van der Waals surface area contributed by atoms with Gasteiger partial charge in [0.1, 0.15) is 0 Å². The van der Waals surface area contributed by atoms with Gasteiger partial charge in [-0.3, -0.25) is 0 Å². The van der Waals surface area contributed by atoms with Gasteiger partial charge >= 0.3 is 0 Å². The fourth-order valence-electron chi connectivity index (χ4n) is 2.57. The summed E-state index contributed by atoms with van der Waals surface area (Å²) >= 11 is 0. The molecule has 2 rings (SSSR count). The summed E-state index contributed by atoms with van der Waals surface area (Å²) < 4.78 is 26.1. The lowest BCUT2D eigenvalue weighted by Gasteiger charge is -2.27. The predicted molar refractivity (Wildman–Crippen MR) is 62.5 cm³/mol. The van der Waals surface area contributed by atoms with Crippen LogP contribution in [0.2, 0.25) is 0 Å². The Labute approximate surface area is 100 Å². The van der Waals surface area contributed by atoms with Gasteiger partial charge in [0.15, 0.2) is 11.6 Å². The average molecular weight is 240 g/mol. The summed E-state index contributed by atoms with van der Waals surface area (Å²) in [5.74, 6) is -1.15. The summed E-state index contributed by atoms with van der Waals surface area (Å²) in [6, 6.07) is 3.72. The third-order valence-electron chi connectivity index (χ3n) is 3.79. The molecule has 1 aliphatic carbocycles. The van der Waals surface area contributed by atoms with Gasteiger partial charge in [-0.2, -0.15) is 0 Å². The van der Waals surface area contributed by atoms with Gasteiger partial charge in [-0.25, -0.2) is 8.78 Å². The Balaban J connectivity index is 2.27. The molecule has 1 N–H and O–H groups in total. The molecule has 17 heavy (non-hydrogen) atoms. The summed E-state index contributed by atoms with van der Waals surface area (Å²) in [5.41, 5.74) is -0.482. The van der Waals surface area contributed by atoms with Gasteiger partial charge in [-0.05, 0) is 49.3 Å². The number of hydrogen-bond acceptors (Lipinski definition) is 1. The first-order chi connectivity index (χ1) is 8.01. The van der Waals surface area contributed by atoms with Crippen LogP contribution in [0, 0.1) is 17.6 Å². The van der Waals surface area contributed by atoms with Gasteiger partial charge in [0, 0.05) is 0 Å². The molecule has 1 fully saturated rings. The zero-order valence-corrected chi connectivity index (χ0v) is 10.0. The minimum absolute atomic E-state index is 0.505. The van der Waals surface area contributed by atoms with E-state index in [0.717, 1.165) is 31.4 Å². The molecule has 2 unspecified atom stereocenters. The van der Waals surface area contributed by atoms with Crippen LogP contribution in [-0.4, -0.2) is 5.11 Å². The van der Waals surface area contributed by atoms with Crippen molar-refractivity contribution in [3.63, 3.8) is 0 Å². The zero-order valence-electron chi connectivity index (χ0n) is 10.0. The lowest BCUT2D eigenvalue weighted by atomic mass is 9.86. The van der Waals surface area contributed by atoms with E-state index >= 15 is 0 Å². The molecule has 0 aliphatic heterocycles. The van der Waals surface area contributed by atoms with Crippen LogP contribution < -0.4 is 0 Å². The summed E-state index contributed by atoms with van der Waals surface area (Å²) in [6.45, 7) is 2.16. The van der Waals surface area contributed by atoms with Crippen molar-refractivity contribution >= 4 is 0 Å². The van der Waals surface area contributed by atoms with Crippen LogP contribution in [0.5, 0.6) is 0 Å². The van der Waals surface area contributed by atoms with Crippen molar-refractivity contribution in [2.75, 3.05) is 0 Å². The molecule has 0 aromatic heterocycles. The van der Waals surface area contributed by atoms with Crippen LogP contribution in [0.3, 0.4) is 0 Å². The van der Waals surface area contributed by atoms with Gasteiger partial charge in [-0.1, -0.05) is 19.4 Å². The monoisotopic (exact) mass is 240 g/mol. The second-order valence-electron chi connectivity index (χ2n) is 5.20. The quantitative estimate of drug-likeness (QED) is 0.741. The van der Waals surface area contributed by atoms with Crippen LogP contribution >= 0.6 is 0 Å². The predicted octanol–water partition coefficient (Wildman–Crippen LogP) is 3.75. The molecule has 0 bridgehead atoms. The SMILES string of the molecule is CC1CCCC(O)(c2ccc(F)c(F)c2)CC1. The van der Waals surface area contributed by atoms with Crippen molar-refractivity contribution in [1.82, 2.24) is 0 Å². The minimum atomic E-state index is -0.987. The Morgan fingerprint density at radius 3 is 2.65 bits per heavy atom. The first-order valence-corrected chi connectivity index (χ1v) is 6.19. The fraction of sp³-hybridized carbons (Fsp3) is 0.571. The number of benzene rings is 1. The lowest BCUT2D eigenvalue weighted by molar-refractivity contribution is 0.0194. The number of hydrogen-bond donors (Lipinski definition) is 1. The van der Waals surface area contributed by atoms with Crippen LogP contribution in [0.1, 0.15) is 44.6 Å². The average Bonchev–Trinajstić information content (AvgIpc) is 2.46. The highest BCUT2D eigenvalue weighted by molar-refractivity contribution is 5.24. The Hall–Kier alpha value is -0.960. The smallest absolute Gasteiger partial charge is 0.159 e. The minimum Gasteiger partial charge on any atom is -0.385 e. The van der Waals surface area contributed by atoms with E-state index in [2.05, 4.69) is 6.92 Å². The second-order valence-corrected chi connectivity index (χ2v) is 5.20. The molecule has 1 aliphatic rings. The maximum atomic E-state index is 13.2. The Kier molecular flexibility index (Phi) is 3.48. The topological polar surface area (TPSA) is 20.2 Å². The highest BCUT2D eigenvalue weighted by atomic mass is 19.2. The second kappa shape index (κ2) is 4.73. The molecule has 1 saturated carbocycles. The van der Waals surface area contributed by atoms with E-state index in [4.69, 9.17) is 0 Å². The molecule has 1 aromatic rings. The van der Waals surface area contributed by atoms with Crippen molar-refractivity contribution in [2.24, 2.45) is 5.92 Å². The normalized spacial score (nSPS) is 30.0. The maximum absolute atomic E-state index is 13.2. The maximum Gasteiger partial charge on any atom is 0.159 e. The molecule has 0 heterocycles. The third kappa shape index (κ3) is 2.65. The van der Waals surface area contributed by atoms with Crippen LogP contribution in [0.15, 0.2) is 18.2 Å². The van der Waals surface area contributed by atoms with E-state index < -0.39 is 17.2 Å². The van der Waals surface area contributed by atoms with E-state index in [1.807, 2.05) is 0 Å². The van der Waals surface area contributed by atoms with Gasteiger partial charge in [0.05, 0.1) is 5.60 Å². The molecular formula is C14H18F2O. The molecule has 94 valence electrons. The molecular weight excluding hydrogens is 222 g/mol. The molecule has 0 spiro atoms. The van der Waals surface area contributed by atoms with Crippen molar-refractivity contribution in [3.05, 3.63) is 35.4 Å². The number of halogens is 2. The first-order valence-electron chi connectivity index (χ1n) is 6.19.